The van der Waals surface area contributed by atoms with Crippen molar-refractivity contribution in [3.8, 4) is 0 Å². The molecule has 5 heteroatoms. The second-order valence-electron chi connectivity index (χ2n) is 6.62. The lowest BCUT2D eigenvalue weighted by molar-refractivity contribution is -0.131. The highest BCUT2D eigenvalue weighted by Gasteiger charge is 2.23. The molecule has 1 saturated heterocycles. The van der Waals surface area contributed by atoms with E-state index < -0.39 is 5.97 Å². The van der Waals surface area contributed by atoms with E-state index in [4.69, 9.17) is 9.84 Å². The highest BCUT2D eigenvalue weighted by atomic mass is 16.5. The predicted octanol–water partition coefficient (Wildman–Crippen LogP) is 2.71. The summed E-state index contributed by atoms with van der Waals surface area (Å²) in [4.78, 5) is 15.2. The topological polar surface area (TPSA) is 64.3 Å². The van der Waals surface area contributed by atoms with Gasteiger partial charge in [0.2, 0.25) is 0 Å². The van der Waals surface area contributed by atoms with Crippen molar-refractivity contribution in [2.75, 3.05) is 13.2 Å². The lowest BCUT2D eigenvalue weighted by Crippen LogP contribution is -2.24. The first-order valence-electron chi connectivity index (χ1n) is 7.42. The standard InChI is InChI=1S/C16H24N2O3/c1-16(2,3)15-17-13(4-5-14(19)20)11-18(15)10-12-6-8-21-9-7-12/h4-5,11-12H,6-10H2,1-3H3,(H,19,20). The van der Waals surface area contributed by atoms with Crippen LogP contribution in [-0.2, 0) is 21.5 Å². The maximum absolute atomic E-state index is 10.6. The average molecular weight is 292 g/mol. The van der Waals surface area contributed by atoms with Crippen LogP contribution in [0.4, 0.5) is 0 Å². The Bertz CT molecular complexity index is 520. The number of imidazole rings is 1. The molecule has 0 saturated carbocycles. The molecular formula is C16H24N2O3. The van der Waals surface area contributed by atoms with E-state index in [-0.39, 0.29) is 5.41 Å². The Morgan fingerprint density at radius 1 is 1.48 bits per heavy atom. The summed E-state index contributed by atoms with van der Waals surface area (Å²) in [6.45, 7) is 8.96. The Hall–Kier alpha value is -1.62. The minimum Gasteiger partial charge on any atom is -0.478 e. The summed E-state index contributed by atoms with van der Waals surface area (Å²) in [6.07, 6.45) is 6.78. The van der Waals surface area contributed by atoms with E-state index in [0.29, 0.717) is 11.6 Å². The number of aromatic nitrogens is 2. The number of rotatable bonds is 4. The van der Waals surface area contributed by atoms with Gasteiger partial charge in [-0.3, -0.25) is 0 Å². The van der Waals surface area contributed by atoms with Gasteiger partial charge in [-0.05, 0) is 24.8 Å². The lowest BCUT2D eigenvalue weighted by Gasteiger charge is -2.25. The van der Waals surface area contributed by atoms with Crippen LogP contribution in [0.2, 0.25) is 0 Å². The van der Waals surface area contributed by atoms with Crippen LogP contribution < -0.4 is 0 Å². The average Bonchev–Trinajstić information content (AvgIpc) is 2.80. The first-order valence-corrected chi connectivity index (χ1v) is 7.42. The molecule has 0 spiro atoms. The molecule has 1 aliphatic rings. The summed E-state index contributed by atoms with van der Waals surface area (Å²) in [7, 11) is 0. The van der Waals surface area contributed by atoms with Gasteiger partial charge >= 0.3 is 5.97 Å². The van der Waals surface area contributed by atoms with Gasteiger partial charge in [0.1, 0.15) is 5.82 Å². The minimum absolute atomic E-state index is 0.0690. The van der Waals surface area contributed by atoms with E-state index in [1.807, 2.05) is 6.20 Å². The van der Waals surface area contributed by atoms with Gasteiger partial charge in [-0.15, -0.1) is 0 Å². The summed E-state index contributed by atoms with van der Waals surface area (Å²) in [5.41, 5.74) is 0.634. The molecule has 0 unspecified atom stereocenters. The number of hydrogen-bond acceptors (Lipinski definition) is 3. The first kappa shape index (κ1) is 15.8. The molecule has 0 radical (unpaired) electrons. The zero-order valence-corrected chi connectivity index (χ0v) is 13.0. The number of ether oxygens (including phenoxy) is 1. The van der Waals surface area contributed by atoms with E-state index in [1.165, 1.54) is 0 Å². The van der Waals surface area contributed by atoms with Crippen LogP contribution >= 0.6 is 0 Å². The van der Waals surface area contributed by atoms with Crippen molar-refractivity contribution < 1.29 is 14.6 Å². The molecule has 0 atom stereocenters. The van der Waals surface area contributed by atoms with Gasteiger partial charge in [0.05, 0.1) is 5.69 Å². The Kier molecular flexibility index (Phi) is 4.83. The van der Waals surface area contributed by atoms with Gasteiger partial charge in [-0.1, -0.05) is 20.8 Å². The number of nitrogens with zero attached hydrogens (tertiary/aromatic N) is 2. The molecule has 1 aromatic rings. The molecule has 1 N–H and O–H groups in total. The van der Waals surface area contributed by atoms with Crippen LogP contribution in [0.1, 0.15) is 45.1 Å². The molecule has 0 bridgehead atoms. The Balaban J connectivity index is 2.22. The van der Waals surface area contributed by atoms with Crippen LogP contribution in [0.5, 0.6) is 0 Å². The van der Waals surface area contributed by atoms with Gasteiger partial charge in [0.15, 0.2) is 0 Å². The number of aliphatic carboxylic acids is 1. The molecule has 0 aromatic carbocycles. The molecule has 21 heavy (non-hydrogen) atoms. The largest absolute Gasteiger partial charge is 0.478 e. The summed E-state index contributed by atoms with van der Waals surface area (Å²) < 4.78 is 7.58. The zero-order valence-electron chi connectivity index (χ0n) is 13.0. The van der Waals surface area contributed by atoms with Crippen LogP contribution in [0.25, 0.3) is 6.08 Å². The van der Waals surface area contributed by atoms with Crippen molar-refractivity contribution >= 4 is 12.0 Å². The number of carboxylic acids is 1. The molecule has 0 aliphatic carbocycles. The van der Waals surface area contributed by atoms with Crippen molar-refractivity contribution in [3.05, 3.63) is 23.8 Å². The third-order valence-electron chi connectivity index (χ3n) is 3.66. The van der Waals surface area contributed by atoms with Gasteiger partial charge in [-0.25, -0.2) is 9.78 Å². The smallest absolute Gasteiger partial charge is 0.328 e. The highest BCUT2D eigenvalue weighted by molar-refractivity contribution is 5.84. The minimum atomic E-state index is -0.953. The van der Waals surface area contributed by atoms with Crippen molar-refractivity contribution in [2.45, 2.75) is 45.6 Å². The van der Waals surface area contributed by atoms with Gasteiger partial charge in [0.25, 0.3) is 0 Å². The van der Waals surface area contributed by atoms with Crippen molar-refractivity contribution in [1.29, 1.82) is 0 Å². The molecule has 116 valence electrons. The zero-order chi connectivity index (χ0) is 15.5. The third kappa shape index (κ3) is 4.43. The Morgan fingerprint density at radius 2 is 2.14 bits per heavy atom. The number of carbonyl (C=O) groups is 1. The summed E-state index contributed by atoms with van der Waals surface area (Å²) in [5.74, 6) is 0.649. The first-order chi connectivity index (χ1) is 9.86. The molecular weight excluding hydrogens is 268 g/mol. The lowest BCUT2D eigenvalue weighted by atomic mass is 9.94. The molecule has 2 heterocycles. The van der Waals surface area contributed by atoms with E-state index >= 15 is 0 Å². The van der Waals surface area contributed by atoms with Crippen LogP contribution in [0, 0.1) is 5.92 Å². The predicted molar refractivity (Wildman–Crippen MR) is 81.1 cm³/mol. The van der Waals surface area contributed by atoms with Gasteiger partial charge < -0.3 is 14.4 Å². The van der Waals surface area contributed by atoms with Crippen LogP contribution in [0.3, 0.4) is 0 Å². The van der Waals surface area contributed by atoms with Gasteiger partial charge in [0, 0.05) is 37.4 Å². The maximum Gasteiger partial charge on any atom is 0.328 e. The van der Waals surface area contributed by atoms with Crippen LogP contribution in [0.15, 0.2) is 12.3 Å². The quantitative estimate of drug-likeness (QED) is 0.867. The van der Waals surface area contributed by atoms with E-state index in [0.717, 1.165) is 44.5 Å². The molecule has 1 fully saturated rings. The summed E-state index contributed by atoms with van der Waals surface area (Å²) in [6, 6.07) is 0. The van der Waals surface area contributed by atoms with E-state index in [1.54, 1.807) is 6.08 Å². The van der Waals surface area contributed by atoms with Crippen LogP contribution in [-0.4, -0.2) is 33.8 Å². The molecule has 1 aliphatic heterocycles. The Morgan fingerprint density at radius 3 is 2.71 bits per heavy atom. The normalized spacial score (nSPS) is 17.5. The monoisotopic (exact) mass is 292 g/mol. The molecule has 0 amide bonds. The molecule has 2 rings (SSSR count). The fraction of sp³-hybridized carbons (Fsp3) is 0.625. The summed E-state index contributed by atoms with van der Waals surface area (Å²) >= 11 is 0. The fourth-order valence-corrected chi connectivity index (χ4v) is 2.62. The SMILES string of the molecule is CC(C)(C)c1nc(C=CC(=O)O)cn1CC1CCOCC1. The third-order valence-corrected chi connectivity index (χ3v) is 3.66. The van der Waals surface area contributed by atoms with E-state index in [9.17, 15) is 4.79 Å². The van der Waals surface area contributed by atoms with Crippen molar-refractivity contribution in [1.82, 2.24) is 9.55 Å². The van der Waals surface area contributed by atoms with Crippen molar-refractivity contribution in [2.24, 2.45) is 5.92 Å². The van der Waals surface area contributed by atoms with E-state index in [2.05, 4.69) is 30.3 Å². The summed E-state index contributed by atoms with van der Waals surface area (Å²) in [5, 5.41) is 8.74. The van der Waals surface area contributed by atoms with Crippen molar-refractivity contribution in [3.63, 3.8) is 0 Å². The molecule has 5 nitrogen and oxygen atoms in total. The number of hydrogen-bond donors (Lipinski definition) is 1. The maximum atomic E-state index is 10.6. The number of carboxylic acid groups (broad SMARTS) is 1. The van der Waals surface area contributed by atoms with Gasteiger partial charge in [-0.2, -0.15) is 0 Å². The second-order valence-corrected chi connectivity index (χ2v) is 6.62. The Labute approximate surface area is 125 Å². The molecule has 1 aromatic heterocycles. The fourth-order valence-electron chi connectivity index (χ4n) is 2.62. The second kappa shape index (κ2) is 6.43. The highest BCUT2D eigenvalue weighted by Crippen LogP contribution is 2.25.